The maximum absolute atomic E-state index is 13.0. The van der Waals surface area contributed by atoms with Crippen LogP contribution in [0.4, 0.5) is 0 Å². The van der Waals surface area contributed by atoms with E-state index in [2.05, 4.69) is 19.0 Å². The number of benzene rings is 2. The summed E-state index contributed by atoms with van der Waals surface area (Å²) in [6.07, 6.45) is 3.14. The second kappa shape index (κ2) is 7.63. The summed E-state index contributed by atoms with van der Waals surface area (Å²) in [6, 6.07) is 20.1. The maximum atomic E-state index is 13.0. The fourth-order valence-electron chi connectivity index (χ4n) is 3.61. The molecule has 3 nitrogen and oxygen atoms in total. The molecule has 3 heteroatoms. The largest absolute Gasteiger partial charge is 0.460 e. The molecule has 0 heterocycles. The summed E-state index contributed by atoms with van der Waals surface area (Å²) in [5.41, 5.74) is 1.96. The Bertz CT molecular complexity index is 615. The van der Waals surface area contributed by atoms with Gasteiger partial charge in [-0.2, -0.15) is 0 Å². The Morgan fingerprint density at radius 1 is 0.958 bits per heavy atom. The van der Waals surface area contributed by atoms with E-state index in [0.717, 1.165) is 30.4 Å². The minimum atomic E-state index is -0.365. The molecule has 3 rings (SSSR count). The van der Waals surface area contributed by atoms with Gasteiger partial charge in [-0.25, -0.2) is 0 Å². The molecule has 1 aliphatic carbocycles. The van der Waals surface area contributed by atoms with Crippen LogP contribution >= 0.6 is 0 Å². The number of carbonyl (C=O) groups is 1. The lowest BCUT2D eigenvalue weighted by Gasteiger charge is -2.27. The van der Waals surface area contributed by atoms with Crippen LogP contribution in [0.3, 0.4) is 0 Å². The summed E-state index contributed by atoms with van der Waals surface area (Å²) in [4.78, 5) is 15.2. The Hall–Kier alpha value is -2.13. The van der Waals surface area contributed by atoms with Gasteiger partial charge in [0.25, 0.3) is 0 Å². The Kier molecular flexibility index (Phi) is 5.31. The quantitative estimate of drug-likeness (QED) is 0.783. The van der Waals surface area contributed by atoms with Crippen LogP contribution in [0.25, 0.3) is 0 Å². The molecule has 0 bridgehead atoms. The van der Waals surface area contributed by atoms with Gasteiger partial charge in [-0.05, 0) is 44.5 Å². The average Bonchev–Trinajstić information content (AvgIpc) is 3.05. The highest BCUT2D eigenvalue weighted by Crippen LogP contribution is 2.30. The van der Waals surface area contributed by atoms with Crippen molar-refractivity contribution in [2.45, 2.75) is 37.3 Å². The van der Waals surface area contributed by atoms with Crippen molar-refractivity contribution in [3.63, 3.8) is 0 Å². The lowest BCUT2D eigenvalue weighted by atomic mass is 9.91. The molecule has 0 unspecified atom stereocenters. The van der Waals surface area contributed by atoms with Crippen LogP contribution in [-0.4, -0.2) is 37.1 Å². The first-order chi connectivity index (χ1) is 11.7. The van der Waals surface area contributed by atoms with E-state index in [0.29, 0.717) is 6.04 Å². The predicted octanol–water partition coefficient (Wildman–Crippen LogP) is 3.84. The predicted molar refractivity (Wildman–Crippen MR) is 95.9 cm³/mol. The number of carbonyl (C=O) groups excluding carboxylic acids is 1. The molecule has 0 amide bonds. The number of likely N-dealkylation sites (N-methyl/N-ethyl adjacent to an activating group) is 1. The number of hydrogen-bond acceptors (Lipinski definition) is 3. The van der Waals surface area contributed by atoms with Gasteiger partial charge in [0.1, 0.15) is 12.0 Å². The molecule has 2 aromatic carbocycles. The number of nitrogens with zero attached hydrogens (tertiary/aromatic N) is 1. The van der Waals surface area contributed by atoms with Crippen molar-refractivity contribution in [2.75, 3.05) is 14.1 Å². The van der Waals surface area contributed by atoms with Crippen LogP contribution < -0.4 is 0 Å². The number of rotatable bonds is 5. The van der Waals surface area contributed by atoms with Crippen LogP contribution in [0.2, 0.25) is 0 Å². The van der Waals surface area contributed by atoms with Gasteiger partial charge in [0, 0.05) is 6.04 Å². The first kappa shape index (κ1) is 16.7. The Morgan fingerprint density at radius 2 is 1.50 bits per heavy atom. The molecule has 0 aromatic heterocycles. The molecule has 0 radical (unpaired) electrons. The molecule has 0 saturated heterocycles. The van der Waals surface area contributed by atoms with E-state index in [1.807, 2.05) is 60.7 Å². The lowest BCUT2D eigenvalue weighted by molar-refractivity contribution is -0.151. The van der Waals surface area contributed by atoms with Gasteiger partial charge >= 0.3 is 5.97 Å². The highest BCUT2D eigenvalue weighted by atomic mass is 16.5. The van der Waals surface area contributed by atoms with E-state index in [9.17, 15) is 4.79 Å². The normalized spacial score (nSPS) is 20.5. The summed E-state index contributed by atoms with van der Waals surface area (Å²) in [5, 5.41) is 0. The molecule has 2 aromatic rings. The average molecular weight is 323 g/mol. The van der Waals surface area contributed by atoms with E-state index in [-0.39, 0.29) is 18.0 Å². The summed E-state index contributed by atoms with van der Waals surface area (Å²) < 4.78 is 5.98. The van der Waals surface area contributed by atoms with Gasteiger partial charge in [0.05, 0.1) is 0 Å². The summed E-state index contributed by atoms with van der Waals surface area (Å²) in [7, 11) is 4.12. The van der Waals surface area contributed by atoms with E-state index >= 15 is 0 Å². The monoisotopic (exact) mass is 323 g/mol. The van der Waals surface area contributed by atoms with Crippen LogP contribution in [-0.2, 0) is 9.53 Å². The fraction of sp³-hybridized carbons (Fsp3) is 0.381. The van der Waals surface area contributed by atoms with E-state index in [1.165, 1.54) is 0 Å². The summed E-state index contributed by atoms with van der Waals surface area (Å²) in [5.74, 6) is -0.512. The fourth-order valence-corrected chi connectivity index (χ4v) is 3.61. The van der Waals surface area contributed by atoms with Gasteiger partial charge in [0.15, 0.2) is 0 Å². The second-order valence-electron chi connectivity index (χ2n) is 6.69. The van der Waals surface area contributed by atoms with Crippen LogP contribution in [0.1, 0.15) is 36.3 Å². The van der Waals surface area contributed by atoms with E-state index in [1.54, 1.807) is 0 Å². The molecular formula is C21H25NO2. The van der Waals surface area contributed by atoms with E-state index < -0.39 is 0 Å². The molecule has 2 atom stereocenters. The number of hydrogen-bond donors (Lipinski definition) is 0. The van der Waals surface area contributed by atoms with Crippen molar-refractivity contribution in [3.05, 3.63) is 71.8 Å². The van der Waals surface area contributed by atoms with Crippen LogP contribution in [0, 0.1) is 0 Å². The number of esters is 1. The van der Waals surface area contributed by atoms with Gasteiger partial charge in [-0.15, -0.1) is 0 Å². The molecule has 126 valence electrons. The molecule has 1 saturated carbocycles. The summed E-state index contributed by atoms with van der Waals surface area (Å²) >= 11 is 0. The standard InChI is InChI=1S/C21H25NO2/c1-22(2)18-14-9-15-19(18)24-21(23)20(16-10-5-3-6-11-16)17-12-7-4-8-13-17/h3-8,10-13,18-20H,9,14-15H2,1-2H3/t18-,19-/m1/s1. The van der Waals surface area contributed by atoms with Crippen molar-refractivity contribution in [1.82, 2.24) is 4.90 Å². The minimum Gasteiger partial charge on any atom is -0.460 e. The second-order valence-corrected chi connectivity index (χ2v) is 6.69. The topological polar surface area (TPSA) is 29.5 Å². The maximum Gasteiger partial charge on any atom is 0.318 e. The molecule has 0 aliphatic heterocycles. The number of ether oxygens (including phenoxy) is 1. The Balaban J connectivity index is 1.85. The van der Waals surface area contributed by atoms with Crippen molar-refractivity contribution < 1.29 is 9.53 Å². The van der Waals surface area contributed by atoms with Crippen molar-refractivity contribution in [1.29, 1.82) is 0 Å². The summed E-state index contributed by atoms with van der Waals surface area (Å²) in [6.45, 7) is 0. The Morgan fingerprint density at radius 3 is 2.00 bits per heavy atom. The van der Waals surface area contributed by atoms with E-state index in [4.69, 9.17) is 4.74 Å². The van der Waals surface area contributed by atoms with Crippen molar-refractivity contribution in [2.24, 2.45) is 0 Å². The van der Waals surface area contributed by atoms with Crippen molar-refractivity contribution in [3.8, 4) is 0 Å². The first-order valence-corrected chi connectivity index (χ1v) is 8.63. The van der Waals surface area contributed by atoms with Crippen LogP contribution in [0.5, 0.6) is 0 Å². The third kappa shape index (κ3) is 3.68. The zero-order valence-corrected chi connectivity index (χ0v) is 14.4. The van der Waals surface area contributed by atoms with Gasteiger partial charge in [-0.3, -0.25) is 4.79 Å². The SMILES string of the molecule is CN(C)[C@@H]1CCC[C@H]1OC(=O)C(c1ccccc1)c1ccccc1. The molecule has 0 spiro atoms. The lowest BCUT2D eigenvalue weighted by Crippen LogP contribution is -2.38. The highest BCUT2D eigenvalue weighted by Gasteiger charge is 2.34. The third-order valence-corrected chi connectivity index (χ3v) is 4.85. The van der Waals surface area contributed by atoms with Gasteiger partial charge in [0.2, 0.25) is 0 Å². The molecule has 1 aliphatic rings. The Labute approximate surface area is 144 Å². The zero-order valence-electron chi connectivity index (χ0n) is 14.4. The van der Waals surface area contributed by atoms with Crippen LogP contribution in [0.15, 0.2) is 60.7 Å². The molecule has 1 fully saturated rings. The first-order valence-electron chi connectivity index (χ1n) is 8.63. The smallest absolute Gasteiger partial charge is 0.318 e. The molecule has 0 N–H and O–H groups in total. The van der Waals surface area contributed by atoms with Crippen molar-refractivity contribution >= 4 is 5.97 Å². The van der Waals surface area contributed by atoms with Gasteiger partial charge in [-0.1, -0.05) is 60.7 Å². The molecule has 24 heavy (non-hydrogen) atoms. The highest BCUT2D eigenvalue weighted by molar-refractivity contribution is 5.82. The van der Waals surface area contributed by atoms with Gasteiger partial charge < -0.3 is 9.64 Å². The molecular weight excluding hydrogens is 298 g/mol. The third-order valence-electron chi connectivity index (χ3n) is 4.85. The minimum absolute atomic E-state index is 0.0116. The zero-order chi connectivity index (χ0) is 16.9.